The summed E-state index contributed by atoms with van der Waals surface area (Å²) in [7, 11) is 1.91. The highest BCUT2D eigenvalue weighted by atomic mass is 35.5. The van der Waals surface area contributed by atoms with Gasteiger partial charge in [-0.1, -0.05) is 23.2 Å². The summed E-state index contributed by atoms with van der Waals surface area (Å²) in [5.41, 5.74) is 6.49. The molecular formula is C13H19Cl2N3OS. The highest BCUT2D eigenvalue weighted by molar-refractivity contribution is 7.98. The standard InChI is InChI=1S/C13H19Cl2N3OS/c1-8(18(2)4-5-20-3)13(19)17-12-10(14)6-9(16)7-11(12)15/h6-8H,4-5,16H2,1-3H3,(H,17,19). The predicted molar refractivity (Wildman–Crippen MR) is 90.0 cm³/mol. The lowest BCUT2D eigenvalue weighted by Gasteiger charge is -2.24. The van der Waals surface area contributed by atoms with Gasteiger partial charge in [0.05, 0.1) is 21.8 Å². The first-order chi connectivity index (χ1) is 9.36. The van der Waals surface area contributed by atoms with Crippen molar-refractivity contribution in [3.63, 3.8) is 0 Å². The Morgan fingerprint density at radius 1 is 1.45 bits per heavy atom. The van der Waals surface area contributed by atoms with Crippen LogP contribution in [0, 0.1) is 0 Å². The summed E-state index contributed by atoms with van der Waals surface area (Å²) in [6.45, 7) is 2.67. The molecular weight excluding hydrogens is 317 g/mol. The number of halogens is 2. The fraction of sp³-hybridized carbons (Fsp3) is 0.462. The molecule has 0 aliphatic rings. The maximum Gasteiger partial charge on any atom is 0.241 e. The third-order valence-corrected chi connectivity index (χ3v) is 4.19. The van der Waals surface area contributed by atoms with E-state index in [2.05, 4.69) is 5.32 Å². The van der Waals surface area contributed by atoms with Crippen molar-refractivity contribution in [2.75, 3.05) is 36.7 Å². The lowest BCUT2D eigenvalue weighted by Crippen LogP contribution is -2.40. The molecule has 112 valence electrons. The number of amides is 1. The number of anilines is 2. The Bertz CT molecular complexity index is 462. The number of nitrogen functional groups attached to an aromatic ring is 1. The summed E-state index contributed by atoms with van der Waals surface area (Å²) in [5, 5.41) is 3.43. The second-order valence-corrected chi connectivity index (χ2v) is 6.30. The van der Waals surface area contributed by atoms with Crippen LogP contribution in [0.2, 0.25) is 10.0 Å². The van der Waals surface area contributed by atoms with Crippen molar-refractivity contribution in [2.24, 2.45) is 0 Å². The van der Waals surface area contributed by atoms with Crippen LogP contribution in [-0.2, 0) is 4.79 Å². The molecule has 0 spiro atoms. The molecule has 1 unspecified atom stereocenters. The molecule has 0 saturated carbocycles. The number of nitrogens with two attached hydrogens (primary N) is 1. The number of hydrogen-bond donors (Lipinski definition) is 2. The molecule has 3 N–H and O–H groups in total. The van der Waals surface area contributed by atoms with Crippen molar-refractivity contribution in [2.45, 2.75) is 13.0 Å². The lowest BCUT2D eigenvalue weighted by molar-refractivity contribution is -0.120. The normalized spacial score (nSPS) is 12.5. The molecule has 0 radical (unpaired) electrons. The van der Waals surface area contributed by atoms with E-state index in [4.69, 9.17) is 28.9 Å². The Kier molecular flexibility index (Phi) is 6.95. The summed E-state index contributed by atoms with van der Waals surface area (Å²) in [5.74, 6) is 0.819. The molecule has 1 aromatic rings. The Labute approximate surface area is 134 Å². The van der Waals surface area contributed by atoms with Crippen LogP contribution in [-0.4, -0.2) is 42.4 Å². The van der Waals surface area contributed by atoms with Gasteiger partial charge in [-0.2, -0.15) is 11.8 Å². The van der Waals surface area contributed by atoms with E-state index in [-0.39, 0.29) is 11.9 Å². The summed E-state index contributed by atoms with van der Waals surface area (Å²) >= 11 is 13.8. The molecule has 1 atom stereocenters. The van der Waals surface area contributed by atoms with Gasteiger partial charge in [0.2, 0.25) is 5.91 Å². The highest BCUT2D eigenvalue weighted by Crippen LogP contribution is 2.32. The van der Waals surface area contributed by atoms with Crippen molar-refractivity contribution >= 4 is 52.2 Å². The van der Waals surface area contributed by atoms with Gasteiger partial charge >= 0.3 is 0 Å². The average Bonchev–Trinajstić information content (AvgIpc) is 2.38. The Morgan fingerprint density at radius 3 is 2.50 bits per heavy atom. The fourth-order valence-electron chi connectivity index (χ4n) is 1.57. The van der Waals surface area contributed by atoms with Gasteiger partial charge in [-0.15, -0.1) is 0 Å². The van der Waals surface area contributed by atoms with E-state index < -0.39 is 0 Å². The number of likely N-dealkylation sites (N-methyl/N-ethyl adjacent to an activating group) is 1. The largest absolute Gasteiger partial charge is 0.399 e. The van der Waals surface area contributed by atoms with Crippen LogP contribution >= 0.6 is 35.0 Å². The van der Waals surface area contributed by atoms with E-state index in [1.165, 1.54) is 0 Å². The number of thioether (sulfide) groups is 1. The first-order valence-corrected chi connectivity index (χ1v) is 8.26. The minimum Gasteiger partial charge on any atom is -0.399 e. The van der Waals surface area contributed by atoms with E-state index >= 15 is 0 Å². The number of benzene rings is 1. The van der Waals surface area contributed by atoms with Gasteiger partial charge in [-0.25, -0.2) is 0 Å². The molecule has 0 heterocycles. The molecule has 20 heavy (non-hydrogen) atoms. The van der Waals surface area contributed by atoms with Crippen molar-refractivity contribution in [3.05, 3.63) is 22.2 Å². The van der Waals surface area contributed by atoms with E-state index in [1.807, 2.05) is 25.1 Å². The number of carbonyl (C=O) groups excluding carboxylic acids is 1. The fourth-order valence-corrected chi connectivity index (χ4v) is 2.64. The average molecular weight is 336 g/mol. The summed E-state index contributed by atoms with van der Waals surface area (Å²) in [6, 6.07) is 2.85. The van der Waals surface area contributed by atoms with E-state index in [1.54, 1.807) is 23.9 Å². The third kappa shape index (κ3) is 4.74. The first kappa shape index (κ1) is 17.4. The van der Waals surface area contributed by atoms with E-state index in [0.29, 0.717) is 21.4 Å². The molecule has 4 nitrogen and oxygen atoms in total. The smallest absolute Gasteiger partial charge is 0.241 e. The Hall–Kier alpha value is -0.620. The Balaban J connectivity index is 2.75. The van der Waals surface area contributed by atoms with Crippen LogP contribution < -0.4 is 11.1 Å². The minimum absolute atomic E-state index is 0.151. The molecule has 0 bridgehead atoms. The van der Waals surface area contributed by atoms with Gasteiger partial charge < -0.3 is 11.1 Å². The molecule has 0 aliphatic heterocycles. The van der Waals surface area contributed by atoms with Crippen LogP contribution in [0.4, 0.5) is 11.4 Å². The molecule has 0 fully saturated rings. The molecule has 1 amide bonds. The van der Waals surface area contributed by atoms with Gasteiger partial charge in [0.25, 0.3) is 0 Å². The van der Waals surface area contributed by atoms with Crippen LogP contribution in [0.15, 0.2) is 12.1 Å². The molecule has 0 saturated heterocycles. The second-order valence-electron chi connectivity index (χ2n) is 4.50. The van der Waals surface area contributed by atoms with Crippen molar-refractivity contribution < 1.29 is 4.79 Å². The molecule has 1 aromatic carbocycles. The summed E-state index contributed by atoms with van der Waals surface area (Å²) in [4.78, 5) is 14.2. The zero-order chi connectivity index (χ0) is 15.3. The summed E-state index contributed by atoms with van der Waals surface area (Å²) in [6.07, 6.45) is 2.03. The van der Waals surface area contributed by atoms with Crippen molar-refractivity contribution in [1.29, 1.82) is 0 Å². The number of nitrogens with one attached hydrogen (secondary N) is 1. The molecule has 0 aliphatic carbocycles. The van der Waals surface area contributed by atoms with Gasteiger partial charge in [-0.3, -0.25) is 9.69 Å². The molecule has 0 aromatic heterocycles. The minimum atomic E-state index is -0.271. The van der Waals surface area contributed by atoms with E-state index in [0.717, 1.165) is 12.3 Å². The highest BCUT2D eigenvalue weighted by Gasteiger charge is 2.19. The van der Waals surface area contributed by atoms with Gasteiger partial charge in [0.15, 0.2) is 0 Å². The van der Waals surface area contributed by atoms with E-state index in [9.17, 15) is 4.79 Å². The zero-order valence-corrected chi connectivity index (χ0v) is 14.1. The van der Waals surface area contributed by atoms with Crippen LogP contribution in [0.5, 0.6) is 0 Å². The van der Waals surface area contributed by atoms with Crippen LogP contribution in [0.1, 0.15) is 6.92 Å². The van der Waals surface area contributed by atoms with Crippen molar-refractivity contribution in [3.8, 4) is 0 Å². The second kappa shape index (κ2) is 7.98. The predicted octanol–water partition coefficient (Wildman–Crippen LogP) is 3.20. The maximum atomic E-state index is 12.2. The third-order valence-electron chi connectivity index (χ3n) is 3.00. The Morgan fingerprint density at radius 2 is 2.00 bits per heavy atom. The summed E-state index contributed by atoms with van der Waals surface area (Å²) < 4.78 is 0. The maximum absolute atomic E-state index is 12.2. The number of rotatable bonds is 6. The topological polar surface area (TPSA) is 58.4 Å². The lowest BCUT2D eigenvalue weighted by atomic mass is 10.2. The SMILES string of the molecule is CSCCN(C)C(C)C(=O)Nc1c(Cl)cc(N)cc1Cl. The number of nitrogens with zero attached hydrogens (tertiary/aromatic N) is 1. The van der Waals surface area contributed by atoms with Gasteiger partial charge in [0, 0.05) is 18.0 Å². The monoisotopic (exact) mass is 335 g/mol. The molecule has 7 heteroatoms. The first-order valence-electron chi connectivity index (χ1n) is 6.11. The van der Waals surface area contributed by atoms with Gasteiger partial charge in [0.1, 0.15) is 0 Å². The molecule has 1 rings (SSSR count). The quantitative estimate of drug-likeness (QED) is 0.784. The zero-order valence-electron chi connectivity index (χ0n) is 11.7. The number of hydrogen-bond acceptors (Lipinski definition) is 4. The van der Waals surface area contributed by atoms with Crippen molar-refractivity contribution in [1.82, 2.24) is 4.90 Å². The number of carbonyl (C=O) groups is 1. The van der Waals surface area contributed by atoms with Gasteiger partial charge in [-0.05, 0) is 32.4 Å². The van der Waals surface area contributed by atoms with Crippen LogP contribution in [0.25, 0.3) is 0 Å². The van der Waals surface area contributed by atoms with Crippen LogP contribution in [0.3, 0.4) is 0 Å².